The molecular weight excluding hydrogens is 314 g/mol. The number of rotatable bonds is 6. The predicted molar refractivity (Wildman–Crippen MR) is 85.1 cm³/mol. The molecule has 0 aliphatic carbocycles. The molecule has 24 heavy (non-hydrogen) atoms. The molecule has 2 aromatic rings. The minimum Gasteiger partial charge on any atom is -0.465 e. The van der Waals surface area contributed by atoms with Crippen LogP contribution in [0.15, 0.2) is 30.5 Å². The summed E-state index contributed by atoms with van der Waals surface area (Å²) < 4.78 is 6.36. The molecule has 1 unspecified atom stereocenters. The number of non-ortho nitro benzene ring substituents is 1. The average Bonchev–Trinajstić information content (AvgIpc) is 2.95. The summed E-state index contributed by atoms with van der Waals surface area (Å²) in [6.07, 6.45) is 1.38. The number of ether oxygens (including phenoxy) is 1. The van der Waals surface area contributed by atoms with E-state index in [0.29, 0.717) is 16.9 Å². The summed E-state index contributed by atoms with van der Waals surface area (Å²) in [5.41, 5.74) is 1.41. The van der Waals surface area contributed by atoms with Crippen LogP contribution in [0.2, 0.25) is 0 Å². The quantitative estimate of drug-likeness (QED) is 0.265. The van der Waals surface area contributed by atoms with Crippen LogP contribution in [-0.2, 0) is 9.53 Å². The lowest BCUT2D eigenvalue weighted by molar-refractivity contribution is -0.384. The zero-order valence-corrected chi connectivity index (χ0v) is 13.6. The maximum absolute atomic E-state index is 12.4. The average molecular weight is 331 g/mol. The highest BCUT2D eigenvalue weighted by molar-refractivity contribution is 6.08. The van der Waals surface area contributed by atoms with E-state index in [1.54, 1.807) is 26.0 Å². The number of esters is 1. The van der Waals surface area contributed by atoms with E-state index < -0.39 is 16.8 Å². The highest BCUT2D eigenvalue weighted by atomic mass is 16.6. The first-order valence-electron chi connectivity index (χ1n) is 7.37. The Balaban J connectivity index is 2.29. The largest absolute Gasteiger partial charge is 0.465 e. The molecule has 8 heteroatoms. The van der Waals surface area contributed by atoms with Crippen molar-refractivity contribution in [2.45, 2.75) is 20.8 Å². The van der Waals surface area contributed by atoms with Gasteiger partial charge < -0.3 is 4.74 Å². The predicted octanol–water partition coefficient (Wildman–Crippen LogP) is 2.47. The van der Waals surface area contributed by atoms with E-state index in [4.69, 9.17) is 4.74 Å². The highest BCUT2D eigenvalue weighted by Gasteiger charge is 2.27. The van der Waals surface area contributed by atoms with Gasteiger partial charge in [0.15, 0.2) is 5.78 Å². The number of carbonyl (C=O) groups excluding carboxylic acids is 2. The molecule has 0 spiro atoms. The lowest BCUT2D eigenvalue weighted by Crippen LogP contribution is -2.23. The summed E-state index contributed by atoms with van der Waals surface area (Å²) in [7, 11) is 0. The van der Waals surface area contributed by atoms with E-state index in [0.717, 1.165) is 0 Å². The van der Waals surface area contributed by atoms with E-state index in [1.165, 1.54) is 29.9 Å². The Morgan fingerprint density at radius 2 is 1.96 bits per heavy atom. The molecule has 0 radical (unpaired) electrons. The second-order valence-electron chi connectivity index (χ2n) is 5.17. The van der Waals surface area contributed by atoms with Crippen LogP contribution in [0.1, 0.15) is 29.9 Å². The van der Waals surface area contributed by atoms with Crippen LogP contribution < -0.4 is 0 Å². The summed E-state index contributed by atoms with van der Waals surface area (Å²) in [6, 6.07) is 5.81. The van der Waals surface area contributed by atoms with Gasteiger partial charge in [-0.15, -0.1) is 0 Å². The molecule has 0 fully saturated rings. The molecule has 0 aliphatic rings. The molecule has 1 atom stereocenters. The molecule has 1 aromatic carbocycles. The molecule has 0 saturated heterocycles. The van der Waals surface area contributed by atoms with E-state index >= 15 is 0 Å². The summed E-state index contributed by atoms with van der Waals surface area (Å²) >= 11 is 0. The Hall–Kier alpha value is -3.03. The molecule has 1 aromatic heterocycles. The Labute approximate surface area is 138 Å². The number of aromatic nitrogens is 2. The third-order valence-corrected chi connectivity index (χ3v) is 3.61. The summed E-state index contributed by atoms with van der Waals surface area (Å²) in [4.78, 5) is 34.3. The SMILES string of the molecule is CCOC(=O)C(C)C(=O)c1cnn(-c2ccc([N+](=O)[O-])cc2)c1C. The Morgan fingerprint density at radius 1 is 1.33 bits per heavy atom. The number of nitro groups is 1. The topological polar surface area (TPSA) is 104 Å². The lowest BCUT2D eigenvalue weighted by Gasteiger charge is -2.09. The number of hydrogen-bond donors (Lipinski definition) is 0. The molecule has 0 bridgehead atoms. The monoisotopic (exact) mass is 331 g/mol. The van der Waals surface area contributed by atoms with Crippen molar-refractivity contribution in [3.63, 3.8) is 0 Å². The van der Waals surface area contributed by atoms with Crippen molar-refractivity contribution in [1.29, 1.82) is 0 Å². The fraction of sp³-hybridized carbons (Fsp3) is 0.312. The molecule has 0 saturated carbocycles. The zero-order valence-electron chi connectivity index (χ0n) is 13.6. The second-order valence-corrected chi connectivity index (χ2v) is 5.17. The van der Waals surface area contributed by atoms with Crippen molar-refractivity contribution in [3.05, 3.63) is 51.8 Å². The molecule has 8 nitrogen and oxygen atoms in total. The van der Waals surface area contributed by atoms with Gasteiger partial charge in [-0.25, -0.2) is 4.68 Å². The maximum Gasteiger partial charge on any atom is 0.316 e. The van der Waals surface area contributed by atoms with Crippen LogP contribution in [0.4, 0.5) is 5.69 Å². The van der Waals surface area contributed by atoms with Crippen molar-refractivity contribution in [2.24, 2.45) is 5.92 Å². The van der Waals surface area contributed by atoms with Crippen molar-refractivity contribution in [2.75, 3.05) is 6.61 Å². The minimum absolute atomic E-state index is 0.0317. The highest BCUT2D eigenvalue weighted by Crippen LogP contribution is 2.20. The van der Waals surface area contributed by atoms with E-state index in [9.17, 15) is 19.7 Å². The van der Waals surface area contributed by atoms with Crippen molar-refractivity contribution < 1.29 is 19.2 Å². The fourth-order valence-corrected chi connectivity index (χ4v) is 2.23. The van der Waals surface area contributed by atoms with Gasteiger partial charge in [-0.1, -0.05) is 0 Å². The van der Waals surface area contributed by atoms with Crippen LogP contribution in [-0.4, -0.2) is 33.1 Å². The molecule has 0 aliphatic heterocycles. The van der Waals surface area contributed by atoms with Gasteiger partial charge in [0.25, 0.3) is 5.69 Å². The summed E-state index contributed by atoms with van der Waals surface area (Å²) in [5.74, 6) is -1.87. The third kappa shape index (κ3) is 3.32. The first-order valence-corrected chi connectivity index (χ1v) is 7.37. The molecule has 126 valence electrons. The lowest BCUT2D eigenvalue weighted by atomic mass is 10.0. The molecule has 2 rings (SSSR count). The number of carbonyl (C=O) groups is 2. The van der Waals surface area contributed by atoms with E-state index in [2.05, 4.69) is 5.10 Å². The summed E-state index contributed by atoms with van der Waals surface area (Å²) in [6.45, 7) is 5.06. The molecule has 0 amide bonds. The van der Waals surface area contributed by atoms with Crippen LogP contribution in [0, 0.1) is 23.0 Å². The van der Waals surface area contributed by atoms with Crippen LogP contribution in [0.25, 0.3) is 5.69 Å². The number of nitro benzene ring substituents is 1. The number of benzene rings is 1. The number of ketones is 1. The first kappa shape index (κ1) is 17.3. The van der Waals surface area contributed by atoms with E-state index in [-0.39, 0.29) is 18.1 Å². The van der Waals surface area contributed by atoms with E-state index in [1.807, 2.05) is 0 Å². The van der Waals surface area contributed by atoms with Gasteiger partial charge in [-0.3, -0.25) is 19.7 Å². The number of Topliss-reactive ketones (excluding diaryl/α,β-unsaturated/α-hetero) is 1. The maximum atomic E-state index is 12.4. The smallest absolute Gasteiger partial charge is 0.316 e. The van der Waals surface area contributed by atoms with Crippen LogP contribution >= 0.6 is 0 Å². The minimum atomic E-state index is -0.918. The Morgan fingerprint density at radius 3 is 2.50 bits per heavy atom. The third-order valence-electron chi connectivity index (χ3n) is 3.61. The van der Waals surface area contributed by atoms with Gasteiger partial charge in [0, 0.05) is 12.1 Å². The van der Waals surface area contributed by atoms with Gasteiger partial charge >= 0.3 is 5.97 Å². The zero-order chi connectivity index (χ0) is 17.9. The van der Waals surface area contributed by atoms with Crippen molar-refractivity contribution >= 4 is 17.4 Å². The van der Waals surface area contributed by atoms with Crippen molar-refractivity contribution in [3.8, 4) is 5.69 Å². The molecule has 0 N–H and O–H groups in total. The second kappa shape index (κ2) is 7.03. The molecular formula is C16H17N3O5. The van der Waals surface area contributed by atoms with Gasteiger partial charge in [0.05, 0.1) is 34.7 Å². The Kier molecular flexibility index (Phi) is 5.08. The molecule has 1 heterocycles. The van der Waals surface area contributed by atoms with Crippen molar-refractivity contribution in [1.82, 2.24) is 9.78 Å². The van der Waals surface area contributed by atoms with Gasteiger partial charge in [0.2, 0.25) is 0 Å². The Bertz CT molecular complexity index is 780. The summed E-state index contributed by atoms with van der Waals surface area (Å²) in [5, 5.41) is 14.8. The van der Waals surface area contributed by atoms with Gasteiger partial charge in [-0.2, -0.15) is 5.10 Å². The number of nitrogens with zero attached hydrogens (tertiary/aromatic N) is 3. The van der Waals surface area contributed by atoms with Crippen LogP contribution in [0.5, 0.6) is 0 Å². The van der Waals surface area contributed by atoms with Gasteiger partial charge in [-0.05, 0) is 32.9 Å². The number of hydrogen-bond acceptors (Lipinski definition) is 6. The van der Waals surface area contributed by atoms with Gasteiger partial charge in [0.1, 0.15) is 5.92 Å². The van der Waals surface area contributed by atoms with Crippen LogP contribution in [0.3, 0.4) is 0 Å². The normalized spacial score (nSPS) is 11.8. The standard InChI is InChI=1S/C16H17N3O5/c1-4-24-16(21)10(2)15(20)14-9-17-18(11(14)3)12-5-7-13(8-6-12)19(22)23/h5-10H,4H2,1-3H3. The first-order chi connectivity index (χ1) is 11.4. The fourth-order valence-electron chi connectivity index (χ4n) is 2.23.